The molecule has 0 radical (unpaired) electrons. The third-order valence-corrected chi connectivity index (χ3v) is 7.20. The lowest BCUT2D eigenvalue weighted by molar-refractivity contribution is -0.0105. The van der Waals surface area contributed by atoms with Gasteiger partial charge < -0.3 is 24.6 Å². The Morgan fingerprint density at radius 1 is 1.00 bits per heavy atom. The first kappa shape index (κ1) is 34.6. The fourth-order valence-electron chi connectivity index (χ4n) is 4.48. The van der Waals surface area contributed by atoms with Crippen LogP contribution < -0.4 is 15.2 Å². The zero-order valence-electron chi connectivity index (χ0n) is 25.9. The van der Waals surface area contributed by atoms with Gasteiger partial charge in [-0.1, -0.05) is 13.0 Å². The number of hydrogen-bond acceptors (Lipinski definition) is 11. The van der Waals surface area contributed by atoms with E-state index in [-0.39, 0.29) is 29.3 Å². The third-order valence-electron chi connectivity index (χ3n) is 6.75. The molecule has 4 N–H and O–H groups in total. The second kappa shape index (κ2) is 14.9. The number of phosphoric acid groups is 1. The van der Waals surface area contributed by atoms with Crippen LogP contribution in [-0.4, -0.2) is 73.0 Å². The van der Waals surface area contributed by atoms with Crippen LogP contribution in [0.5, 0.6) is 5.75 Å². The minimum atomic E-state index is -4.77. The topological polar surface area (TPSA) is 211 Å². The predicted molar refractivity (Wildman–Crippen MR) is 167 cm³/mol. The van der Waals surface area contributed by atoms with E-state index in [4.69, 9.17) is 19.3 Å². The van der Waals surface area contributed by atoms with Crippen molar-refractivity contribution in [2.75, 3.05) is 25.2 Å². The minimum Gasteiger partial charge on any atom is -0.424 e. The molecular formula is C30H33N6O10P. The maximum atomic E-state index is 13.6. The standard InChI is InChI=1S/C30H33N6O10P/c1-5-13-35(30(40)45-17-44-29(39)20-9-11-22(12-10-20)46-47(41,42)43)28(38)23-15-36-25(19(23)4)26(32-16-33-36)34-24-14-21(8-7-18(24)3)27(37)31-6-2/h7-12,14-16H,5-6,13,17H2,1-4H3,(H,31,37)(H,32,33,34)(H2,41,42,43). The molecule has 0 saturated carbocycles. The number of aryl methyl sites for hydroxylation is 2. The molecule has 0 aliphatic carbocycles. The number of amides is 3. The zero-order chi connectivity index (χ0) is 34.3. The lowest BCUT2D eigenvalue weighted by atomic mass is 10.1. The summed E-state index contributed by atoms with van der Waals surface area (Å²) in [5.41, 5.74) is 3.02. The Morgan fingerprint density at radius 2 is 1.70 bits per heavy atom. The van der Waals surface area contributed by atoms with Crippen molar-refractivity contribution in [3.63, 3.8) is 0 Å². The molecule has 2 aromatic carbocycles. The molecule has 17 heteroatoms. The normalized spacial score (nSPS) is 11.1. The van der Waals surface area contributed by atoms with Crippen LogP contribution >= 0.6 is 7.82 Å². The number of esters is 1. The second-order valence-electron chi connectivity index (χ2n) is 10.1. The summed E-state index contributed by atoms with van der Waals surface area (Å²) in [4.78, 5) is 74.3. The lowest BCUT2D eigenvalue weighted by Crippen LogP contribution is -2.38. The molecule has 2 aromatic heterocycles. The number of phosphoric ester groups is 1. The number of ether oxygens (including phenoxy) is 2. The van der Waals surface area contributed by atoms with Gasteiger partial charge in [0.05, 0.1) is 11.1 Å². The molecule has 3 amide bonds. The summed E-state index contributed by atoms with van der Waals surface area (Å²) in [6.45, 7) is 6.82. The van der Waals surface area contributed by atoms with Crippen LogP contribution in [0.25, 0.3) is 5.52 Å². The number of nitrogens with zero attached hydrogens (tertiary/aromatic N) is 4. The molecule has 0 atom stereocenters. The molecule has 0 saturated heterocycles. The summed E-state index contributed by atoms with van der Waals surface area (Å²) >= 11 is 0. The highest BCUT2D eigenvalue weighted by molar-refractivity contribution is 7.46. The van der Waals surface area contributed by atoms with Crippen LogP contribution in [0.1, 0.15) is 62.5 Å². The van der Waals surface area contributed by atoms with Gasteiger partial charge in [0.2, 0.25) is 6.79 Å². The molecular weight excluding hydrogens is 635 g/mol. The van der Waals surface area contributed by atoms with E-state index in [0.29, 0.717) is 41.1 Å². The van der Waals surface area contributed by atoms with Crippen molar-refractivity contribution in [3.05, 3.63) is 82.8 Å². The summed E-state index contributed by atoms with van der Waals surface area (Å²) in [5, 5.41) is 10.2. The Morgan fingerprint density at radius 3 is 2.36 bits per heavy atom. The maximum Gasteiger partial charge on any atom is 0.524 e. The smallest absolute Gasteiger partial charge is 0.424 e. The largest absolute Gasteiger partial charge is 0.524 e. The Labute approximate surface area is 268 Å². The number of benzene rings is 2. The van der Waals surface area contributed by atoms with E-state index in [1.807, 2.05) is 13.8 Å². The average molecular weight is 669 g/mol. The lowest BCUT2D eigenvalue weighted by Gasteiger charge is -2.19. The van der Waals surface area contributed by atoms with Crippen LogP contribution in [0.4, 0.5) is 16.3 Å². The third kappa shape index (κ3) is 8.49. The molecule has 4 aromatic rings. The Balaban J connectivity index is 1.48. The molecule has 0 bridgehead atoms. The molecule has 2 heterocycles. The van der Waals surface area contributed by atoms with Crippen LogP contribution in [0.2, 0.25) is 0 Å². The van der Waals surface area contributed by atoms with E-state index < -0.39 is 32.6 Å². The van der Waals surface area contributed by atoms with Gasteiger partial charge in [-0.2, -0.15) is 5.10 Å². The monoisotopic (exact) mass is 668 g/mol. The summed E-state index contributed by atoms with van der Waals surface area (Å²) in [6.07, 6.45) is 2.13. The van der Waals surface area contributed by atoms with Crippen LogP contribution in [0, 0.1) is 13.8 Å². The van der Waals surface area contributed by atoms with Gasteiger partial charge in [0.1, 0.15) is 17.6 Å². The SMILES string of the molecule is CCCN(C(=O)OCOC(=O)c1ccc(OP(=O)(O)O)cc1)C(=O)c1cn2ncnc(Nc3cc(C(=O)NCC)ccc3C)c2c1C. The number of fused-ring (bicyclic) bond motifs is 1. The molecule has 47 heavy (non-hydrogen) atoms. The number of nitrogens with one attached hydrogen (secondary N) is 2. The summed E-state index contributed by atoms with van der Waals surface area (Å²) in [5.74, 6) is -1.59. The van der Waals surface area contributed by atoms with Gasteiger partial charge in [0, 0.05) is 30.5 Å². The number of rotatable bonds is 12. The molecule has 0 spiro atoms. The highest BCUT2D eigenvalue weighted by Crippen LogP contribution is 2.37. The minimum absolute atomic E-state index is 0.000868. The van der Waals surface area contributed by atoms with E-state index in [1.165, 1.54) is 29.2 Å². The van der Waals surface area contributed by atoms with E-state index in [1.54, 1.807) is 32.0 Å². The van der Waals surface area contributed by atoms with E-state index in [2.05, 4.69) is 25.2 Å². The fourth-order valence-corrected chi connectivity index (χ4v) is 4.88. The summed E-state index contributed by atoms with van der Waals surface area (Å²) in [6, 6.07) is 9.94. The van der Waals surface area contributed by atoms with E-state index in [9.17, 15) is 23.7 Å². The second-order valence-corrected chi connectivity index (χ2v) is 11.3. The van der Waals surface area contributed by atoms with Gasteiger partial charge in [0.15, 0.2) is 5.82 Å². The molecule has 16 nitrogen and oxygen atoms in total. The van der Waals surface area contributed by atoms with Gasteiger partial charge in [-0.05, 0) is 74.7 Å². The van der Waals surface area contributed by atoms with Gasteiger partial charge >= 0.3 is 19.9 Å². The quantitative estimate of drug-likeness (QED) is 0.0952. The number of imide groups is 1. The van der Waals surface area contributed by atoms with Crippen molar-refractivity contribution in [2.24, 2.45) is 0 Å². The van der Waals surface area contributed by atoms with Gasteiger partial charge in [-0.3, -0.25) is 19.4 Å². The maximum absolute atomic E-state index is 13.6. The van der Waals surface area contributed by atoms with Crippen molar-refractivity contribution in [2.45, 2.75) is 34.1 Å². The number of carbonyl (C=O) groups excluding carboxylic acids is 4. The molecule has 0 unspecified atom stereocenters. The molecule has 0 aliphatic heterocycles. The average Bonchev–Trinajstić information content (AvgIpc) is 3.37. The van der Waals surface area contributed by atoms with Gasteiger partial charge in [0.25, 0.3) is 11.8 Å². The molecule has 248 valence electrons. The first-order valence-corrected chi connectivity index (χ1v) is 15.9. The van der Waals surface area contributed by atoms with Crippen molar-refractivity contribution in [1.82, 2.24) is 24.8 Å². The van der Waals surface area contributed by atoms with Gasteiger partial charge in [-0.15, -0.1) is 0 Å². The predicted octanol–water partition coefficient (Wildman–Crippen LogP) is 4.11. The van der Waals surface area contributed by atoms with E-state index in [0.717, 1.165) is 22.6 Å². The van der Waals surface area contributed by atoms with Crippen molar-refractivity contribution >= 4 is 48.7 Å². The highest BCUT2D eigenvalue weighted by atomic mass is 31.2. The number of anilines is 2. The molecule has 0 fully saturated rings. The fraction of sp³-hybridized carbons (Fsp3) is 0.267. The van der Waals surface area contributed by atoms with E-state index >= 15 is 0 Å². The summed E-state index contributed by atoms with van der Waals surface area (Å²) < 4.78 is 26.9. The Kier molecular flexibility index (Phi) is 10.9. The number of carbonyl (C=O) groups is 4. The first-order valence-electron chi connectivity index (χ1n) is 14.3. The van der Waals surface area contributed by atoms with Crippen LogP contribution in [0.3, 0.4) is 0 Å². The van der Waals surface area contributed by atoms with Gasteiger partial charge in [-0.25, -0.2) is 28.6 Å². The zero-order valence-corrected chi connectivity index (χ0v) is 26.8. The first-order chi connectivity index (χ1) is 22.3. The van der Waals surface area contributed by atoms with Crippen molar-refractivity contribution < 1.29 is 47.5 Å². The Bertz CT molecular complexity index is 1850. The molecule has 4 rings (SSSR count). The number of hydrogen-bond donors (Lipinski definition) is 4. The van der Waals surface area contributed by atoms with Crippen molar-refractivity contribution in [1.29, 1.82) is 0 Å². The van der Waals surface area contributed by atoms with Crippen molar-refractivity contribution in [3.8, 4) is 5.75 Å². The highest BCUT2D eigenvalue weighted by Gasteiger charge is 2.28. The Hall–Kier alpha value is -5.31. The van der Waals surface area contributed by atoms with Crippen LogP contribution in [0.15, 0.2) is 55.0 Å². The number of aromatic nitrogens is 3. The van der Waals surface area contributed by atoms with Crippen LogP contribution in [-0.2, 0) is 14.0 Å². The summed E-state index contributed by atoms with van der Waals surface area (Å²) in [7, 11) is -4.77. The molecule has 0 aliphatic rings.